The van der Waals surface area contributed by atoms with E-state index in [-0.39, 0.29) is 0 Å². The summed E-state index contributed by atoms with van der Waals surface area (Å²) in [6.07, 6.45) is 7.86. The van der Waals surface area contributed by atoms with Gasteiger partial charge < -0.3 is 0 Å². The topological polar surface area (TPSA) is 30.2 Å². The second-order valence-electron chi connectivity index (χ2n) is 4.00. The monoisotopic (exact) mass is 189 g/mol. The summed E-state index contributed by atoms with van der Waals surface area (Å²) in [4.78, 5) is 4.33. The van der Waals surface area contributed by atoms with Gasteiger partial charge in [-0.3, -0.25) is 0 Å². The highest BCUT2D eigenvalue weighted by Crippen LogP contribution is 2.24. The first-order chi connectivity index (χ1) is 6.68. The molecule has 1 aliphatic heterocycles. The Hall–Kier alpha value is -1.38. The zero-order valence-corrected chi connectivity index (χ0v) is 8.81. The predicted molar refractivity (Wildman–Crippen MR) is 58.1 cm³/mol. The molecule has 0 aromatic carbocycles. The number of aromatic nitrogens is 2. The van der Waals surface area contributed by atoms with Crippen LogP contribution in [0.15, 0.2) is 23.6 Å². The molecule has 1 aromatic rings. The lowest BCUT2D eigenvalue weighted by Gasteiger charge is -2.09. The Kier molecular flexibility index (Phi) is 2.23. The molecule has 0 saturated heterocycles. The van der Waals surface area contributed by atoms with Crippen LogP contribution in [0.5, 0.6) is 0 Å². The smallest absolute Gasteiger partial charge is 0.156 e. The predicted octanol–water partition coefficient (Wildman–Crippen LogP) is 2.41. The van der Waals surface area contributed by atoms with Crippen LogP contribution >= 0.6 is 0 Å². The second kappa shape index (κ2) is 3.40. The summed E-state index contributed by atoms with van der Waals surface area (Å²) >= 11 is 0. The van der Waals surface area contributed by atoms with Crippen molar-refractivity contribution in [2.24, 2.45) is 16.9 Å². The first kappa shape index (κ1) is 9.19. The average molecular weight is 189 g/mol. The molecule has 0 bridgehead atoms. The molecule has 74 valence electrons. The van der Waals surface area contributed by atoms with E-state index in [2.05, 4.69) is 36.9 Å². The maximum atomic E-state index is 4.34. The third-order valence-electron chi connectivity index (χ3n) is 2.37. The summed E-state index contributed by atoms with van der Waals surface area (Å²) in [5.41, 5.74) is 1.28. The fraction of sp³-hybridized carbons (Fsp3) is 0.455. The second-order valence-corrected chi connectivity index (χ2v) is 4.00. The standard InChI is InChI=1S/C11H15N3/c1-8(2)10-6-9(3)7-13-14-5-4-12-11(10)14/h4-9H,1-3H3. The average Bonchev–Trinajstić information content (AvgIpc) is 2.52. The van der Waals surface area contributed by atoms with E-state index in [0.29, 0.717) is 11.8 Å². The van der Waals surface area contributed by atoms with Gasteiger partial charge in [-0.05, 0) is 11.5 Å². The highest BCUT2D eigenvalue weighted by atomic mass is 15.4. The number of imidazole rings is 1. The van der Waals surface area contributed by atoms with Crippen LogP contribution in [0.2, 0.25) is 0 Å². The Morgan fingerprint density at radius 3 is 2.93 bits per heavy atom. The van der Waals surface area contributed by atoms with Crippen LogP contribution in [0.4, 0.5) is 0 Å². The van der Waals surface area contributed by atoms with E-state index in [1.807, 2.05) is 17.1 Å². The number of fused-ring (bicyclic) bond motifs is 1. The molecular formula is C11H15N3. The van der Waals surface area contributed by atoms with Crippen LogP contribution in [0.1, 0.15) is 26.6 Å². The van der Waals surface area contributed by atoms with Crippen molar-refractivity contribution in [3.05, 3.63) is 24.3 Å². The Balaban J connectivity index is 2.52. The van der Waals surface area contributed by atoms with Gasteiger partial charge in [0.15, 0.2) is 5.82 Å². The molecule has 3 nitrogen and oxygen atoms in total. The summed E-state index contributed by atoms with van der Waals surface area (Å²) in [5.74, 6) is 1.84. The van der Waals surface area contributed by atoms with Crippen LogP contribution in [0.25, 0.3) is 5.57 Å². The molecule has 1 unspecified atom stereocenters. The summed E-state index contributed by atoms with van der Waals surface area (Å²) in [5, 5.41) is 4.34. The van der Waals surface area contributed by atoms with Gasteiger partial charge in [-0.1, -0.05) is 26.8 Å². The van der Waals surface area contributed by atoms with Gasteiger partial charge in [0, 0.05) is 24.5 Å². The van der Waals surface area contributed by atoms with Crippen LogP contribution in [-0.2, 0) is 0 Å². The molecule has 1 aromatic heterocycles. The molecule has 3 heteroatoms. The lowest BCUT2D eigenvalue weighted by Crippen LogP contribution is -2.00. The Morgan fingerprint density at radius 2 is 2.21 bits per heavy atom. The van der Waals surface area contributed by atoms with Crippen molar-refractivity contribution >= 4 is 11.8 Å². The Labute approximate surface area is 84.2 Å². The van der Waals surface area contributed by atoms with E-state index in [1.165, 1.54) is 5.57 Å². The molecule has 0 N–H and O–H groups in total. The quantitative estimate of drug-likeness (QED) is 0.667. The minimum Gasteiger partial charge on any atom is -0.235 e. The highest BCUT2D eigenvalue weighted by Gasteiger charge is 2.15. The number of nitrogens with zero attached hydrogens (tertiary/aromatic N) is 3. The number of hydrogen-bond donors (Lipinski definition) is 0. The van der Waals surface area contributed by atoms with Gasteiger partial charge in [0.1, 0.15) is 0 Å². The summed E-state index contributed by atoms with van der Waals surface area (Å²) < 4.78 is 1.84. The first-order valence-corrected chi connectivity index (χ1v) is 4.98. The lowest BCUT2D eigenvalue weighted by molar-refractivity contribution is 0.798. The van der Waals surface area contributed by atoms with Gasteiger partial charge in [-0.25, -0.2) is 9.66 Å². The fourth-order valence-corrected chi connectivity index (χ4v) is 1.63. The molecule has 2 rings (SSSR count). The molecule has 14 heavy (non-hydrogen) atoms. The number of rotatable bonds is 1. The summed E-state index contributed by atoms with van der Waals surface area (Å²) in [6, 6.07) is 0. The lowest BCUT2D eigenvalue weighted by atomic mass is 9.98. The normalized spacial score (nSPS) is 20.6. The largest absolute Gasteiger partial charge is 0.235 e. The molecule has 0 fully saturated rings. The molecule has 1 aliphatic rings. The molecule has 0 amide bonds. The first-order valence-electron chi connectivity index (χ1n) is 4.98. The van der Waals surface area contributed by atoms with Crippen LogP contribution in [0.3, 0.4) is 0 Å². The zero-order valence-electron chi connectivity index (χ0n) is 8.81. The summed E-state index contributed by atoms with van der Waals surface area (Å²) in [7, 11) is 0. The molecule has 0 saturated carbocycles. The molecule has 0 aliphatic carbocycles. The van der Waals surface area contributed by atoms with E-state index in [4.69, 9.17) is 0 Å². The minimum atomic E-state index is 0.383. The molecule has 0 spiro atoms. The highest BCUT2D eigenvalue weighted by molar-refractivity contribution is 5.72. The van der Waals surface area contributed by atoms with Crippen molar-refractivity contribution in [1.82, 2.24) is 9.66 Å². The van der Waals surface area contributed by atoms with Crippen molar-refractivity contribution < 1.29 is 0 Å². The van der Waals surface area contributed by atoms with Crippen LogP contribution in [0, 0.1) is 11.8 Å². The minimum absolute atomic E-state index is 0.383. The van der Waals surface area contributed by atoms with Gasteiger partial charge in [-0.2, -0.15) is 5.10 Å². The van der Waals surface area contributed by atoms with Crippen molar-refractivity contribution in [3.63, 3.8) is 0 Å². The SMILES string of the molecule is CC1C=Nn2ccnc2C(C(C)C)=C1. The van der Waals surface area contributed by atoms with Crippen molar-refractivity contribution in [2.45, 2.75) is 20.8 Å². The summed E-state index contributed by atoms with van der Waals surface area (Å²) in [6.45, 7) is 6.50. The Bertz CT molecular complexity index is 385. The molecular weight excluding hydrogens is 174 g/mol. The van der Waals surface area contributed by atoms with Gasteiger partial charge in [0.25, 0.3) is 0 Å². The van der Waals surface area contributed by atoms with E-state index >= 15 is 0 Å². The van der Waals surface area contributed by atoms with E-state index in [1.54, 1.807) is 6.20 Å². The van der Waals surface area contributed by atoms with Crippen molar-refractivity contribution in [2.75, 3.05) is 0 Å². The molecule has 1 atom stereocenters. The van der Waals surface area contributed by atoms with Gasteiger partial charge in [-0.15, -0.1) is 0 Å². The van der Waals surface area contributed by atoms with Gasteiger partial charge in [0.2, 0.25) is 0 Å². The van der Waals surface area contributed by atoms with Gasteiger partial charge in [0.05, 0.1) is 0 Å². The van der Waals surface area contributed by atoms with E-state index in [0.717, 1.165) is 5.82 Å². The maximum absolute atomic E-state index is 4.34. The van der Waals surface area contributed by atoms with Crippen LogP contribution < -0.4 is 0 Å². The molecule has 0 radical (unpaired) electrons. The number of hydrogen-bond acceptors (Lipinski definition) is 2. The van der Waals surface area contributed by atoms with Crippen molar-refractivity contribution in [3.8, 4) is 0 Å². The maximum Gasteiger partial charge on any atom is 0.156 e. The third kappa shape index (κ3) is 1.50. The van der Waals surface area contributed by atoms with E-state index in [9.17, 15) is 0 Å². The van der Waals surface area contributed by atoms with Crippen LogP contribution in [-0.4, -0.2) is 15.9 Å². The number of allylic oxidation sites excluding steroid dienone is 2. The molecule has 2 heterocycles. The fourth-order valence-electron chi connectivity index (χ4n) is 1.63. The third-order valence-corrected chi connectivity index (χ3v) is 2.37. The van der Waals surface area contributed by atoms with Crippen molar-refractivity contribution in [1.29, 1.82) is 0 Å². The van der Waals surface area contributed by atoms with E-state index < -0.39 is 0 Å². The van der Waals surface area contributed by atoms with Gasteiger partial charge >= 0.3 is 0 Å². The Morgan fingerprint density at radius 1 is 1.43 bits per heavy atom. The zero-order chi connectivity index (χ0) is 10.1.